The second-order valence-corrected chi connectivity index (χ2v) is 5.56. The van der Waals surface area contributed by atoms with Crippen LogP contribution in [0.1, 0.15) is 55.5 Å². The fraction of sp³-hybridized carbons (Fsp3) is 0.588. The summed E-state index contributed by atoms with van der Waals surface area (Å²) in [5.41, 5.74) is 1.75. The van der Waals surface area contributed by atoms with Crippen molar-refractivity contribution in [2.45, 2.75) is 58.7 Å². The van der Waals surface area contributed by atoms with Gasteiger partial charge in [-0.05, 0) is 50.5 Å². The van der Waals surface area contributed by atoms with E-state index in [2.05, 4.69) is 6.92 Å². The highest BCUT2D eigenvalue weighted by Crippen LogP contribution is 2.27. The van der Waals surface area contributed by atoms with Gasteiger partial charge < -0.3 is 9.47 Å². The van der Waals surface area contributed by atoms with Crippen molar-refractivity contribution in [3.05, 3.63) is 29.3 Å². The Kier molecular flexibility index (Phi) is 5.18. The molecule has 0 aliphatic carbocycles. The summed E-state index contributed by atoms with van der Waals surface area (Å²) in [6.07, 6.45) is 5.04. The molecule has 0 bridgehead atoms. The Labute approximate surface area is 121 Å². The van der Waals surface area contributed by atoms with Gasteiger partial charge in [0.05, 0.1) is 6.61 Å². The molecule has 1 aromatic rings. The number of rotatable bonds is 8. The maximum atomic E-state index is 11.4. The number of hydrogen-bond donors (Lipinski definition) is 0. The largest absolute Gasteiger partial charge is 0.487 e. The van der Waals surface area contributed by atoms with Crippen molar-refractivity contribution in [3.8, 4) is 5.75 Å². The van der Waals surface area contributed by atoms with E-state index in [-0.39, 0.29) is 18.0 Å². The first-order valence-electron chi connectivity index (χ1n) is 7.51. The standard InChI is InChI=1S/C17H24O3/c1-4-5-6-7-16(17-11-19-17)20-15-9-8-14(13(3)18)10-12(15)2/h8-10,16-17H,4-7,11H2,1-3H3. The van der Waals surface area contributed by atoms with Crippen molar-refractivity contribution >= 4 is 5.78 Å². The van der Waals surface area contributed by atoms with E-state index in [1.807, 2.05) is 25.1 Å². The summed E-state index contributed by atoms with van der Waals surface area (Å²) in [6.45, 7) is 6.58. The molecule has 0 N–H and O–H groups in total. The van der Waals surface area contributed by atoms with Crippen LogP contribution in [0.5, 0.6) is 5.75 Å². The minimum absolute atomic E-state index is 0.0877. The Morgan fingerprint density at radius 1 is 1.45 bits per heavy atom. The molecular weight excluding hydrogens is 252 g/mol. The third kappa shape index (κ3) is 4.07. The molecule has 20 heavy (non-hydrogen) atoms. The normalized spacial score (nSPS) is 18.6. The van der Waals surface area contributed by atoms with E-state index >= 15 is 0 Å². The fourth-order valence-corrected chi connectivity index (χ4v) is 2.35. The molecule has 1 fully saturated rings. The van der Waals surface area contributed by atoms with Crippen molar-refractivity contribution in [1.82, 2.24) is 0 Å². The monoisotopic (exact) mass is 276 g/mol. The highest BCUT2D eigenvalue weighted by atomic mass is 16.6. The molecule has 3 heteroatoms. The lowest BCUT2D eigenvalue weighted by Gasteiger charge is -2.19. The van der Waals surface area contributed by atoms with E-state index < -0.39 is 0 Å². The van der Waals surface area contributed by atoms with Crippen LogP contribution in [0.3, 0.4) is 0 Å². The maximum absolute atomic E-state index is 11.4. The molecule has 2 atom stereocenters. The van der Waals surface area contributed by atoms with Gasteiger partial charge in [0.1, 0.15) is 18.0 Å². The summed E-state index contributed by atoms with van der Waals surface area (Å²) >= 11 is 0. The van der Waals surface area contributed by atoms with Gasteiger partial charge in [0.2, 0.25) is 0 Å². The van der Waals surface area contributed by atoms with Gasteiger partial charge in [-0.3, -0.25) is 4.79 Å². The molecule has 0 saturated carbocycles. The minimum atomic E-state index is 0.0877. The zero-order valence-corrected chi connectivity index (χ0v) is 12.6. The van der Waals surface area contributed by atoms with Gasteiger partial charge in [0.15, 0.2) is 5.78 Å². The molecule has 1 aliphatic rings. The Bertz CT molecular complexity index is 463. The summed E-state index contributed by atoms with van der Waals surface area (Å²) in [7, 11) is 0. The summed E-state index contributed by atoms with van der Waals surface area (Å²) < 4.78 is 11.5. The number of epoxide rings is 1. The quantitative estimate of drug-likeness (QED) is 0.410. The van der Waals surface area contributed by atoms with Gasteiger partial charge in [0, 0.05) is 5.56 Å². The number of unbranched alkanes of at least 4 members (excludes halogenated alkanes) is 2. The third-order valence-corrected chi connectivity index (χ3v) is 3.73. The van der Waals surface area contributed by atoms with Crippen LogP contribution in [0.25, 0.3) is 0 Å². The van der Waals surface area contributed by atoms with Crippen molar-refractivity contribution < 1.29 is 14.3 Å². The van der Waals surface area contributed by atoms with Crippen LogP contribution < -0.4 is 4.74 Å². The van der Waals surface area contributed by atoms with Gasteiger partial charge in [-0.15, -0.1) is 0 Å². The molecule has 0 aromatic heterocycles. The molecule has 1 heterocycles. The lowest BCUT2D eigenvalue weighted by Crippen LogP contribution is -2.23. The van der Waals surface area contributed by atoms with Gasteiger partial charge >= 0.3 is 0 Å². The molecule has 3 nitrogen and oxygen atoms in total. The molecule has 0 amide bonds. The number of ketones is 1. The number of carbonyl (C=O) groups is 1. The summed E-state index contributed by atoms with van der Waals surface area (Å²) in [5.74, 6) is 0.955. The Morgan fingerprint density at radius 2 is 2.20 bits per heavy atom. The van der Waals surface area contributed by atoms with Crippen LogP contribution in [0.15, 0.2) is 18.2 Å². The molecule has 110 valence electrons. The van der Waals surface area contributed by atoms with Crippen LogP contribution in [0, 0.1) is 6.92 Å². The fourth-order valence-electron chi connectivity index (χ4n) is 2.35. The van der Waals surface area contributed by atoms with Crippen LogP contribution in [0.2, 0.25) is 0 Å². The summed E-state index contributed by atoms with van der Waals surface area (Å²) in [5, 5.41) is 0. The zero-order valence-electron chi connectivity index (χ0n) is 12.6. The van der Waals surface area contributed by atoms with Gasteiger partial charge in [-0.2, -0.15) is 0 Å². The van der Waals surface area contributed by atoms with Crippen LogP contribution in [0.4, 0.5) is 0 Å². The van der Waals surface area contributed by atoms with E-state index in [0.29, 0.717) is 0 Å². The van der Waals surface area contributed by atoms with E-state index in [1.165, 1.54) is 19.3 Å². The first kappa shape index (κ1) is 15.0. The van der Waals surface area contributed by atoms with Gasteiger partial charge in [0.25, 0.3) is 0 Å². The average Bonchev–Trinajstić information content (AvgIpc) is 3.24. The molecule has 0 radical (unpaired) electrons. The third-order valence-electron chi connectivity index (χ3n) is 3.73. The average molecular weight is 276 g/mol. The second kappa shape index (κ2) is 6.89. The predicted octanol–water partition coefficient (Wildman–Crippen LogP) is 3.92. The highest BCUT2D eigenvalue weighted by Gasteiger charge is 2.34. The number of carbonyl (C=O) groups excluding carboxylic acids is 1. The van der Waals surface area contributed by atoms with E-state index in [0.717, 1.165) is 29.9 Å². The van der Waals surface area contributed by atoms with Crippen LogP contribution in [-0.2, 0) is 4.74 Å². The smallest absolute Gasteiger partial charge is 0.159 e. The Morgan fingerprint density at radius 3 is 2.75 bits per heavy atom. The molecule has 2 rings (SSSR count). The molecule has 1 aromatic carbocycles. The van der Waals surface area contributed by atoms with Crippen molar-refractivity contribution in [3.63, 3.8) is 0 Å². The molecule has 2 unspecified atom stereocenters. The number of aryl methyl sites for hydroxylation is 1. The van der Waals surface area contributed by atoms with Crippen molar-refractivity contribution in [2.24, 2.45) is 0 Å². The van der Waals surface area contributed by atoms with Crippen molar-refractivity contribution in [1.29, 1.82) is 0 Å². The lowest BCUT2D eigenvalue weighted by molar-refractivity contribution is 0.101. The van der Waals surface area contributed by atoms with E-state index in [1.54, 1.807) is 6.92 Å². The zero-order chi connectivity index (χ0) is 14.5. The number of hydrogen-bond acceptors (Lipinski definition) is 3. The molecular formula is C17H24O3. The SMILES string of the molecule is CCCCCC(Oc1ccc(C(C)=O)cc1C)C1CO1. The second-order valence-electron chi connectivity index (χ2n) is 5.56. The van der Waals surface area contributed by atoms with Crippen LogP contribution >= 0.6 is 0 Å². The first-order chi connectivity index (χ1) is 9.61. The number of ether oxygens (including phenoxy) is 2. The van der Waals surface area contributed by atoms with E-state index in [4.69, 9.17) is 9.47 Å². The van der Waals surface area contributed by atoms with Gasteiger partial charge in [-0.1, -0.05) is 19.8 Å². The van der Waals surface area contributed by atoms with Gasteiger partial charge in [-0.25, -0.2) is 0 Å². The summed E-state index contributed by atoms with van der Waals surface area (Å²) in [6, 6.07) is 5.64. The highest BCUT2D eigenvalue weighted by molar-refractivity contribution is 5.94. The number of benzene rings is 1. The van der Waals surface area contributed by atoms with Crippen LogP contribution in [-0.4, -0.2) is 24.6 Å². The lowest BCUT2D eigenvalue weighted by atomic mass is 10.1. The Hall–Kier alpha value is -1.35. The van der Waals surface area contributed by atoms with Crippen molar-refractivity contribution in [2.75, 3.05) is 6.61 Å². The minimum Gasteiger partial charge on any atom is -0.487 e. The molecule has 1 aliphatic heterocycles. The summed E-state index contributed by atoms with van der Waals surface area (Å²) in [4.78, 5) is 11.4. The molecule has 1 saturated heterocycles. The van der Waals surface area contributed by atoms with E-state index in [9.17, 15) is 4.79 Å². The predicted molar refractivity (Wildman–Crippen MR) is 79.5 cm³/mol. The molecule has 0 spiro atoms. The first-order valence-corrected chi connectivity index (χ1v) is 7.51. The number of Topliss-reactive ketones (excluding diaryl/α,β-unsaturated/α-hetero) is 1. The Balaban J connectivity index is 2.00. The maximum Gasteiger partial charge on any atom is 0.159 e. The topological polar surface area (TPSA) is 38.8 Å².